The summed E-state index contributed by atoms with van der Waals surface area (Å²) >= 11 is 1.66. The average Bonchev–Trinajstić information content (AvgIpc) is 2.66. The Bertz CT molecular complexity index is 835. The summed E-state index contributed by atoms with van der Waals surface area (Å²) in [4.78, 5) is 15.8. The molecule has 1 aliphatic carbocycles. The molecule has 1 heterocycles. The van der Waals surface area contributed by atoms with Gasteiger partial charge in [-0.15, -0.1) is 11.8 Å². The lowest BCUT2D eigenvalue weighted by Crippen LogP contribution is -2.16. The van der Waals surface area contributed by atoms with E-state index in [-0.39, 0.29) is 12.4 Å². The predicted octanol–water partition coefficient (Wildman–Crippen LogP) is 5.78. The summed E-state index contributed by atoms with van der Waals surface area (Å²) in [6.07, 6.45) is 5.10. The van der Waals surface area contributed by atoms with Gasteiger partial charge in [0.15, 0.2) is 17.4 Å². The highest BCUT2D eigenvalue weighted by Gasteiger charge is 2.22. The number of ether oxygens (including phenoxy) is 2. The van der Waals surface area contributed by atoms with Crippen LogP contribution in [0.15, 0.2) is 35.5 Å². The zero-order valence-corrected chi connectivity index (χ0v) is 17.4. The summed E-state index contributed by atoms with van der Waals surface area (Å²) in [5, 5.41) is 1.30. The van der Waals surface area contributed by atoms with Crippen LogP contribution in [0.2, 0.25) is 0 Å². The van der Waals surface area contributed by atoms with Crippen LogP contribution >= 0.6 is 11.8 Å². The number of hydrogen-bond donors (Lipinski definition) is 0. The molecule has 2 aromatic rings. The predicted molar refractivity (Wildman–Crippen MR) is 109 cm³/mol. The minimum Gasteiger partial charge on any atom is -0.485 e. The van der Waals surface area contributed by atoms with Crippen LogP contribution in [0.1, 0.15) is 46.0 Å². The molecule has 1 fully saturated rings. The number of esters is 1. The van der Waals surface area contributed by atoms with Crippen molar-refractivity contribution in [2.75, 3.05) is 6.61 Å². The van der Waals surface area contributed by atoms with Crippen LogP contribution in [0.5, 0.6) is 5.75 Å². The second kappa shape index (κ2) is 10.1. The van der Waals surface area contributed by atoms with Gasteiger partial charge < -0.3 is 9.47 Å². The van der Waals surface area contributed by atoms with Crippen LogP contribution in [-0.2, 0) is 9.53 Å². The van der Waals surface area contributed by atoms with E-state index in [2.05, 4.69) is 4.98 Å². The lowest BCUT2D eigenvalue weighted by Gasteiger charge is -2.25. The summed E-state index contributed by atoms with van der Waals surface area (Å²) < 4.78 is 39.6. The molecule has 7 heteroatoms. The van der Waals surface area contributed by atoms with Gasteiger partial charge >= 0.3 is 5.97 Å². The number of aromatic nitrogens is 1. The Hall–Kier alpha value is -2.15. The van der Waals surface area contributed by atoms with Crippen LogP contribution in [0.25, 0.3) is 11.1 Å². The van der Waals surface area contributed by atoms with Gasteiger partial charge in [-0.05, 0) is 56.9 Å². The van der Waals surface area contributed by atoms with Crippen molar-refractivity contribution in [1.82, 2.24) is 4.98 Å². The Balaban J connectivity index is 1.73. The van der Waals surface area contributed by atoms with Gasteiger partial charge in [0.25, 0.3) is 0 Å². The van der Waals surface area contributed by atoms with E-state index in [1.54, 1.807) is 37.9 Å². The fourth-order valence-electron chi connectivity index (χ4n) is 2.99. The van der Waals surface area contributed by atoms with Gasteiger partial charge in [0.1, 0.15) is 5.03 Å². The molecule has 1 aliphatic rings. The third kappa shape index (κ3) is 5.69. The minimum atomic E-state index is -0.772. The number of hydrogen-bond acceptors (Lipinski definition) is 5. The van der Waals surface area contributed by atoms with Crippen molar-refractivity contribution in [3.05, 3.63) is 42.1 Å². The van der Waals surface area contributed by atoms with Crippen molar-refractivity contribution in [3.63, 3.8) is 0 Å². The van der Waals surface area contributed by atoms with Gasteiger partial charge in [0.05, 0.1) is 12.7 Å². The molecule has 1 atom stereocenters. The molecule has 1 aromatic carbocycles. The van der Waals surface area contributed by atoms with E-state index in [1.165, 1.54) is 18.6 Å². The number of rotatable bonds is 9. The first kappa shape index (κ1) is 21.6. The molecule has 29 heavy (non-hydrogen) atoms. The van der Waals surface area contributed by atoms with E-state index in [9.17, 15) is 13.6 Å². The normalized spacial score (nSPS) is 14.9. The highest BCUT2D eigenvalue weighted by Crippen LogP contribution is 2.40. The highest BCUT2D eigenvalue weighted by atomic mass is 32.2. The van der Waals surface area contributed by atoms with Gasteiger partial charge in [0, 0.05) is 23.4 Å². The maximum Gasteiger partial charge on any atom is 0.305 e. The largest absolute Gasteiger partial charge is 0.485 e. The molecule has 0 radical (unpaired) electrons. The first-order valence-corrected chi connectivity index (χ1v) is 10.8. The quantitative estimate of drug-likeness (QED) is 0.480. The standard InChI is InChI=1S/C22H25F2NO3S/c1-3-27-20(26)10-9-14(2)28-21-18(23)12-15(13-19(21)24)17-8-5-11-25-22(17)29-16-6-4-7-16/h5,8,11-14,16H,3-4,6-7,9-10H2,1-2H3. The molecule has 3 rings (SSSR count). The summed E-state index contributed by atoms with van der Waals surface area (Å²) in [6.45, 7) is 3.69. The molecule has 0 N–H and O–H groups in total. The minimum absolute atomic E-state index is 0.133. The van der Waals surface area contributed by atoms with Crippen molar-refractivity contribution >= 4 is 17.7 Å². The fraction of sp³-hybridized carbons (Fsp3) is 0.455. The monoisotopic (exact) mass is 421 g/mol. The molecule has 1 aromatic heterocycles. The molecular weight excluding hydrogens is 396 g/mol. The Morgan fingerprint density at radius 3 is 2.66 bits per heavy atom. The Kier molecular flexibility index (Phi) is 7.47. The van der Waals surface area contributed by atoms with E-state index in [1.807, 2.05) is 6.07 Å². The zero-order chi connectivity index (χ0) is 20.8. The van der Waals surface area contributed by atoms with E-state index in [4.69, 9.17) is 9.47 Å². The Morgan fingerprint density at radius 1 is 1.31 bits per heavy atom. The summed E-state index contributed by atoms with van der Waals surface area (Å²) in [5.74, 6) is -2.33. The molecule has 156 valence electrons. The van der Waals surface area contributed by atoms with E-state index in [0.717, 1.165) is 17.9 Å². The van der Waals surface area contributed by atoms with E-state index >= 15 is 0 Å². The van der Waals surface area contributed by atoms with Crippen molar-refractivity contribution in [1.29, 1.82) is 0 Å². The van der Waals surface area contributed by atoms with Crippen LogP contribution in [0, 0.1) is 11.6 Å². The number of nitrogens with zero attached hydrogens (tertiary/aromatic N) is 1. The molecule has 0 saturated heterocycles. The van der Waals surface area contributed by atoms with Crippen LogP contribution in [0.3, 0.4) is 0 Å². The number of benzene rings is 1. The van der Waals surface area contributed by atoms with Gasteiger partial charge in [-0.2, -0.15) is 0 Å². The summed E-state index contributed by atoms with van der Waals surface area (Å²) in [5.41, 5.74) is 1.14. The smallest absolute Gasteiger partial charge is 0.305 e. The number of thioether (sulfide) groups is 1. The Morgan fingerprint density at radius 2 is 2.03 bits per heavy atom. The van der Waals surface area contributed by atoms with Crippen LogP contribution in [0.4, 0.5) is 8.78 Å². The Labute approximate surface area is 174 Å². The topological polar surface area (TPSA) is 48.4 Å². The second-order valence-corrected chi connectivity index (χ2v) is 8.36. The number of carbonyl (C=O) groups is 1. The number of carbonyl (C=O) groups excluding carboxylic acids is 1. The van der Waals surface area contributed by atoms with Gasteiger partial charge in [-0.3, -0.25) is 4.79 Å². The molecule has 4 nitrogen and oxygen atoms in total. The maximum absolute atomic E-state index is 14.7. The third-order valence-corrected chi connectivity index (χ3v) is 6.14. The van der Waals surface area contributed by atoms with Crippen molar-refractivity contribution < 1.29 is 23.0 Å². The van der Waals surface area contributed by atoms with Gasteiger partial charge in [-0.25, -0.2) is 13.8 Å². The fourth-order valence-corrected chi connectivity index (χ4v) is 4.31. The molecule has 0 bridgehead atoms. The van der Waals surface area contributed by atoms with Gasteiger partial charge in [-0.1, -0.05) is 12.5 Å². The van der Waals surface area contributed by atoms with Crippen LogP contribution < -0.4 is 4.74 Å². The average molecular weight is 422 g/mol. The molecular formula is C22H25F2NO3S. The molecule has 0 aliphatic heterocycles. The number of halogens is 2. The third-order valence-electron chi connectivity index (χ3n) is 4.79. The van der Waals surface area contributed by atoms with Crippen molar-refractivity contribution in [2.45, 2.75) is 62.3 Å². The van der Waals surface area contributed by atoms with Crippen LogP contribution in [-0.4, -0.2) is 28.9 Å². The molecule has 0 spiro atoms. The second-order valence-electron chi connectivity index (χ2n) is 7.07. The molecule has 1 unspecified atom stereocenters. The van der Waals surface area contributed by atoms with E-state index < -0.39 is 23.5 Å². The summed E-state index contributed by atoms with van der Waals surface area (Å²) in [7, 11) is 0. The van der Waals surface area contributed by atoms with E-state index in [0.29, 0.717) is 29.4 Å². The molecule has 1 saturated carbocycles. The molecule has 0 amide bonds. The van der Waals surface area contributed by atoms with Crippen molar-refractivity contribution in [3.8, 4) is 16.9 Å². The SMILES string of the molecule is CCOC(=O)CCC(C)Oc1c(F)cc(-c2cccnc2SC2CCC2)cc1F. The highest BCUT2D eigenvalue weighted by molar-refractivity contribution is 8.00. The first-order valence-electron chi connectivity index (χ1n) is 9.91. The van der Waals surface area contributed by atoms with Crippen molar-refractivity contribution in [2.24, 2.45) is 0 Å². The first-order chi connectivity index (χ1) is 14.0. The lowest BCUT2D eigenvalue weighted by molar-refractivity contribution is -0.143. The maximum atomic E-state index is 14.7. The number of pyridine rings is 1. The summed E-state index contributed by atoms with van der Waals surface area (Å²) in [6, 6.07) is 6.14. The lowest BCUT2D eigenvalue weighted by atomic mass is 10.00. The zero-order valence-electron chi connectivity index (χ0n) is 16.6. The van der Waals surface area contributed by atoms with Gasteiger partial charge in [0.2, 0.25) is 0 Å².